The molecule has 0 saturated heterocycles. The minimum atomic E-state index is -0.395. The maximum atomic E-state index is 11.7. The standard InChI is InChI=1S/C11H13Br2NO2/c1-6(2)5-16-11(15)8-3-7(12)4-9(13)10(8)14/h3-4,6H,5,14H2,1-2H3. The first kappa shape index (κ1) is 13.5. The summed E-state index contributed by atoms with van der Waals surface area (Å²) < 4.78 is 6.58. The number of ether oxygens (including phenoxy) is 1. The third kappa shape index (κ3) is 3.49. The van der Waals surface area contributed by atoms with E-state index in [-0.39, 0.29) is 0 Å². The zero-order valence-electron chi connectivity index (χ0n) is 9.09. The van der Waals surface area contributed by atoms with Crippen LogP contribution in [0.25, 0.3) is 0 Å². The number of anilines is 1. The molecule has 0 aliphatic carbocycles. The average Bonchev–Trinajstić information content (AvgIpc) is 2.19. The number of hydrogen-bond acceptors (Lipinski definition) is 3. The first-order valence-corrected chi connectivity index (χ1v) is 6.42. The Hall–Kier alpha value is -0.550. The fraction of sp³-hybridized carbons (Fsp3) is 0.364. The van der Waals surface area contributed by atoms with Crippen LogP contribution in [0.3, 0.4) is 0 Å². The van der Waals surface area contributed by atoms with Crippen molar-refractivity contribution < 1.29 is 9.53 Å². The number of nitrogens with two attached hydrogens (primary N) is 1. The summed E-state index contributed by atoms with van der Waals surface area (Å²) in [5, 5.41) is 0. The second-order valence-corrected chi connectivity index (χ2v) is 5.61. The molecule has 3 nitrogen and oxygen atoms in total. The second kappa shape index (κ2) is 5.68. The van der Waals surface area contributed by atoms with Crippen molar-refractivity contribution >= 4 is 43.5 Å². The lowest BCUT2D eigenvalue weighted by Gasteiger charge is -2.10. The fourth-order valence-corrected chi connectivity index (χ4v) is 2.30. The first-order chi connectivity index (χ1) is 7.41. The molecule has 88 valence electrons. The molecule has 0 amide bonds. The van der Waals surface area contributed by atoms with E-state index in [0.29, 0.717) is 28.2 Å². The zero-order chi connectivity index (χ0) is 12.3. The van der Waals surface area contributed by atoms with Crippen molar-refractivity contribution in [2.24, 2.45) is 5.92 Å². The van der Waals surface area contributed by atoms with E-state index in [1.165, 1.54) is 0 Å². The molecule has 0 heterocycles. The van der Waals surface area contributed by atoms with Crippen molar-refractivity contribution in [1.29, 1.82) is 0 Å². The van der Waals surface area contributed by atoms with E-state index < -0.39 is 5.97 Å². The summed E-state index contributed by atoms with van der Waals surface area (Å²) in [4.78, 5) is 11.7. The smallest absolute Gasteiger partial charge is 0.340 e. The highest BCUT2D eigenvalue weighted by Gasteiger charge is 2.15. The van der Waals surface area contributed by atoms with Crippen LogP contribution in [0.1, 0.15) is 24.2 Å². The molecule has 5 heteroatoms. The van der Waals surface area contributed by atoms with Crippen LogP contribution in [-0.4, -0.2) is 12.6 Å². The molecule has 2 N–H and O–H groups in total. The predicted molar refractivity (Wildman–Crippen MR) is 71.4 cm³/mol. The predicted octanol–water partition coefficient (Wildman–Crippen LogP) is 3.61. The van der Waals surface area contributed by atoms with Crippen molar-refractivity contribution in [1.82, 2.24) is 0 Å². The van der Waals surface area contributed by atoms with E-state index in [9.17, 15) is 4.79 Å². The summed E-state index contributed by atoms with van der Waals surface area (Å²) in [5.74, 6) is -0.0889. The minimum Gasteiger partial charge on any atom is -0.462 e. The SMILES string of the molecule is CC(C)COC(=O)c1cc(Br)cc(Br)c1N. The van der Waals surface area contributed by atoms with Crippen molar-refractivity contribution in [3.8, 4) is 0 Å². The van der Waals surface area contributed by atoms with E-state index >= 15 is 0 Å². The molecule has 1 rings (SSSR count). The molecule has 0 saturated carbocycles. The highest BCUT2D eigenvalue weighted by atomic mass is 79.9. The van der Waals surface area contributed by atoms with Gasteiger partial charge in [0.2, 0.25) is 0 Å². The maximum absolute atomic E-state index is 11.7. The average molecular weight is 351 g/mol. The van der Waals surface area contributed by atoms with Crippen molar-refractivity contribution in [2.45, 2.75) is 13.8 Å². The van der Waals surface area contributed by atoms with E-state index in [1.807, 2.05) is 13.8 Å². The second-order valence-electron chi connectivity index (χ2n) is 3.84. The molecule has 16 heavy (non-hydrogen) atoms. The molecular weight excluding hydrogens is 338 g/mol. The zero-order valence-corrected chi connectivity index (χ0v) is 12.3. The normalized spacial score (nSPS) is 10.6. The molecule has 0 fully saturated rings. The van der Waals surface area contributed by atoms with Crippen LogP contribution in [0.2, 0.25) is 0 Å². The Balaban J connectivity index is 2.91. The molecular formula is C11H13Br2NO2. The number of benzene rings is 1. The fourth-order valence-electron chi connectivity index (χ4n) is 1.07. The van der Waals surface area contributed by atoms with Crippen LogP contribution in [0, 0.1) is 5.92 Å². The molecule has 0 radical (unpaired) electrons. The minimum absolute atomic E-state index is 0.306. The number of rotatable bonds is 3. The van der Waals surface area contributed by atoms with Crippen molar-refractivity contribution in [2.75, 3.05) is 12.3 Å². The van der Waals surface area contributed by atoms with Crippen LogP contribution < -0.4 is 5.73 Å². The quantitative estimate of drug-likeness (QED) is 0.669. The Kier molecular flexibility index (Phi) is 4.80. The number of halogens is 2. The van der Waals surface area contributed by atoms with E-state index in [4.69, 9.17) is 10.5 Å². The van der Waals surface area contributed by atoms with Gasteiger partial charge in [0.15, 0.2) is 0 Å². The van der Waals surface area contributed by atoms with Crippen LogP contribution >= 0.6 is 31.9 Å². The number of nitrogen functional groups attached to an aromatic ring is 1. The molecule has 0 aliphatic rings. The van der Waals surface area contributed by atoms with E-state index in [1.54, 1.807) is 12.1 Å². The Morgan fingerprint density at radius 2 is 2.06 bits per heavy atom. The Morgan fingerprint density at radius 1 is 1.44 bits per heavy atom. The van der Waals surface area contributed by atoms with Gasteiger partial charge in [-0.2, -0.15) is 0 Å². The monoisotopic (exact) mass is 349 g/mol. The number of carbonyl (C=O) groups excluding carboxylic acids is 1. The molecule has 0 atom stereocenters. The van der Waals surface area contributed by atoms with E-state index in [0.717, 1.165) is 4.47 Å². The molecule has 0 spiro atoms. The summed E-state index contributed by atoms with van der Waals surface area (Å²) in [6.07, 6.45) is 0. The molecule has 1 aromatic carbocycles. The van der Waals surface area contributed by atoms with E-state index in [2.05, 4.69) is 31.9 Å². The highest BCUT2D eigenvalue weighted by molar-refractivity contribution is 9.11. The van der Waals surface area contributed by atoms with Gasteiger partial charge < -0.3 is 10.5 Å². The van der Waals surface area contributed by atoms with Crippen LogP contribution in [0.4, 0.5) is 5.69 Å². The molecule has 0 unspecified atom stereocenters. The summed E-state index contributed by atoms with van der Waals surface area (Å²) >= 11 is 6.58. The summed E-state index contributed by atoms with van der Waals surface area (Å²) in [6.45, 7) is 4.35. The van der Waals surface area contributed by atoms with Crippen molar-refractivity contribution in [3.63, 3.8) is 0 Å². The number of hydrogen-bond donors (Lipinski definition) is 1. The third-order valence-corrected chi connectivity index (χ3v) is 2.98. The van der Waals surface area contributed by atoms with Gasteiger partial charge in [0.1, 0.15) is 0 Å². The Labute approximate surface area is 112 Å². The van der Waals surface area contributed by atoms with Gasteiger partial charge in [0.05, 0.1) is 17.9 Å². The lowest BCUT2D eigenvalue weighted by atomic mass is 10.2. The summed E-state index contributed by atoms with van der Waals surface area (Å²) in [7, 11) is 0. The highest BCUT2D eigenvalue weighted by Crippen LogP contribution is 2.28. The first-order valence-electron chi connectivity index (χ1n) is 4.83. The molecule has 0 aromatic heterocycles. The van der Waals surface area contributed by atoms with Gasteiger partial charge in [-0.05, 0) is 34.0 Å². The molecule has 0 bridgehead atoms. The number of esters is 1. The Bertz CT molecular complexity index is 405. The van der Waals surface area contributed by atoms with Crippen LogP contribution in [-0.2, 0) is 4.74 Å². The number of carbonyl (C=O) groups is 1. The maximum Gasteiger partial charge on any atom is 0.340 e. The summed E-state index contributed by atoms with van der Waals surface area (Å²) in [5.41, 5.74) is 6.57. The lowest BCUT2D eigenvalue weighted by molar-refractivity contribution is 0.0460. The van der Waals surface area contributed by atoms with Crippen LogP contribution in [0.5, 0.6) is 0 Å². The topological polar surface area (TPSA) is 52.3 Å². The van der Waals surface area contributed by atoms with Gasteiger partial charge in [0.25, 0.3) is 0 Å². The van der Waals surface area contributed by atoms with Crippen LogP contribution in [0.15, 0.2) is 21.1 Å². The van der Waals surface area contributed by atoms with Crippen molar-refractivity contribution in [3.05, 3.63) is 26.6 Å². The molecule has 1 aromatic rings. The van der Waals surface area contributed by atoms with Gasteiger partial charge >= 0.3 is 5.97 Å². The Morgan fingerprint density at radius 3 is 2.62 bits per heavy atom. The molecule has 0 aliphatic heterocycles. The third-order valence-electron chi connectivity index (χ3n) is 1.86. The van der Waals surface area contributed by atoms with Gasteiger partial charge in [-0.25, -0.2) is 4.79 Å². The lowest BCUT2D eigenvalue weighted by Crippen LogP contribution is -2.12. The van der Waals surface area contributed by atoms with Gasteiger partial charge in [0, 0.05) is 8.95 Å². The van der Waals surface area contributed by atoms with Gasteiger partial charge in [-0.1, -0.05) is 29.8 Å². The van der Waals surface area contributed by atoms with Gasteiger partial charge in [-0.3, -0.25) is 0 Å². The largest absolute Gasteiger partial charge is 0.462 e. The van der Waals surface area contributed by atoms with Gasteiger partial charge in [-0.15, -0.1) is 0 Å². The summed E-state index contributed by atoms with van der Waals surface area (Å²) in [6, 6.07) is 3.44.